The molecule has 0 unspecified atom stereocenters. The molecule has 0 fully saturated rings. The first-order valence-electron chi connectivity index (χ1n) is 7.13. The Bertz CT molecular complexity index is 900. The zero-order chi connectivity index (χ0) is 18.4. The highest BCUT2D eigenvalue weighted by Gasteiger charge is 2.11. The van der Waals surface area contributed by atoms with Crippen molar-refractivity contribution in [3.8, 4) is 11.8 Å². The van der Waals surface area contributed by atoms with E-state index in [1.807, 2.05) is 0 Å². The summed E-state index contributed by atoms with van der Waals surface area (Å²) >= 11 is 0. The predicted molar refractivity (Wildman–Crippen MR) is 91.9 cm³/mol. The largest absolute Gasteiger partial charge is 0.508 e. The van der Waals surface area contributed by atoms with Crippen molar-refractivity contribution >= 4 is 23.0 Å². The Morgan fingerprint density at radius 1 is 1.32 bits per heavy atom. The first-order chi connectivity index (χ1) is 11.9. The van der Waals surface area contributed by atoms with Gasteiger partial charge in [-0.05, 0) is 36.8 Å². The van der Waals surface area contributed by atoms with Gasteiger partial charge in [0, 0.05) is 29.7 Å². The number of carbonyl (C=O) groups excluding carboxylic acids is 1. The molecule has 0 radical (unpaired) electrons. The van der Waals surface area contributed by atoms with Gasteiger partial charge in [-0.3, -0.25) is 14.9 Å². The highest BCUT2D eigenvalue weighted by Crippen LogP contribution is 2.21. The molecule has 1 amide bonds. The lowest BCUT2D eigenvalue weighted by atomic mass is 10.2. The second kappa shape index (κ2) is 7.61. The maximum absolute atomic E-state index is 12.2. The molecule has 8 nitrogen and oxygen atoms in total. The number of aryl methyl sites for hydroxylation is 1. The van der Waals surface area contributed by atoms with Crippen LogP contribution in [0.3, 0.4) is 0 Å². The van der Waals surface area contributed by atoms with E-state index in [-0.39, 0.29) is 17.0 Å². The number of nitrogens with zero attached hydrogens (tertiary/aromatic N) is 2. The van der Waals surface area contributed by atoms with E-state index in [9.17, 15) is 20.0 Å². The topological polar surface area (TPSA) is 128 Å². The summed E-state index contributed by atoms with van der Waals surface area (Å²) in [4.78, 5) is 22.4. The fraction of sp³-hybridized carbons (Fsp3) is 0.0588. The van der Waals surface area contributed by atoms with Gasteiger partial charge in [-0.25, -0.2) is 0 Å². The number of hydrogen-bond donors (Lipinski definition) is 3. The number of anilines is 2. The van der Waals surface area contributed by atoms with E-state index in [4.69, 9.17) is 5.26 Å². The summed E-state index contributed by atoms with van der Waals surface area (Å²) in [7, 11) is 0. The van der Waals surface area contributed by atoms with Crippen LogP contribution < -0.4 is 10.6 Å². The van der Waals surface area contributed by atoms with Crippen LogP contribution in [0, 0.1) is 28.4 Å². The van der Waals surface area contributed by atoms with Gasteiger partial charge in [-0.2, -0.15) is 5.26 Å². The third-order valence-electron chi connectivity index (χ3n) is 3.26. The number of non-ortho nitro benzene ring substituents is 1. The van der Waals surface area contributed by atoms with E-state index >= 15 is 0 Å². The zero-order valence-electron chi connectivity index (χ0n) is 13.2. The SMILES string of the molecule is Cc1cc(O)ccc1NC(=O)/C(C#N)=C\Nc1cccc([N+](=O)[O-])c1. The Labute approximate surface area is 143 Å². The van der Waals surface area contributed by atoms with Crippen molar-refractivity contribution in [2.24, 2.45) is 0 Å². The predicted octanol–water partition coefficient (Wildman–Crippen LogP) is 3.07. The lowest BCUT2D eigenvalue weighted by Gasteiger charge is -2.08. The first kappa shape index (κ1) is 17.5. The number of nitrogens with one attached hydrogen (secondary N) is 2. The van der Waals surface area contributed by atoms with Crippen molar-refractivity contribution in [2.75, 3.05) is 10.6 Å². The Balaban J connectivity index is 2.14. The molecule has 126 valence electrons. The second-order valence-corrected chi connectivity index (χ2v) is 5.07. The Kier molecular flexibility index (Phi) is 5.32. The Hall–Kier alpha value is -3.86. The lowest BCUT2D eigenvalue weighted by Crippen LogP contribution is -2.15. The third-order valence-corrected chi connectivity index (χ3v) is 3.26. The van der Waals surface area contributed by atoms with Gasteiger partial charge in [-0.15, -0.1) is 0 Å². The number of carbonyl (C=O) groups is 1. The molecule has 0 aromatic heterocycles. The molecule has 3 N–H and O–H groups in total. The van der Waals surface area contributed by atoms with Crippen molar-refractivity contribution in [1.29, 1.82) is 5.26 Å². The molecule has 0 atom stereocenters. The fourth-order valence-corrected chi connectivity index (χ4v) is 1.99. The highest BCUT2D eigenvalue weighted by atomic mass is 16.6. The summed E-state index contributed by atoms with van der Waals surface area (Å²) < 4.78 is 0. The van der Waals surface area contributed by atoms with Crippen LogP contribution in [0.25, 0.3) is 0 Å². The third kappa shape index (κ3) is 4.56. The van der Waals surface area contributed by atoms with Crippen molar-refractivity contribution < 1.29 is 14.8 Å². The van der Waals surface area contributed by atoms with E-state index in [1.54, 1.807) is 19.1 Å². The van der Waals surface area contributed by atoms with Crippen LogP contribution in [0.5, 0.6) is 5.75 Å². The number of aromatic hydroxyl groups is 1. The van der Waals surface area contributed by atoms with Gasteiger partial charge in [-0.1, -0.05) is 6.07 Å². The van der Waals surface area contributed by atoms with Gasteiger partial charge in [0.15, 0.2) is 0 Å². The minimum atomic E-state index is -0.644. The van der Waals surface area contributed by atoms with Crippen LogP contribution in [-0.2, 0) is 4.79 Å². The minimum Gasteiger partial charge on any atom is -0.508 e. The normalized spacial score (nSPS) is 10.6. The molecule has 0 spiro atoms. The van der Waals surface area contributed by atoms with Crippen molar-refractivity contribution in [2.45, 2.75) is 6.92 Å². The molecule has 0 aliphatic heterocycles. The average Bonchev–Trinajstić information content (AvgIpc) is 2.58. The standard InChI is InChI=1S/C17H14N4O4/c1-11-7-15(22)5-6-16(11)20-17(23)12(9-18)10-19-13-3-2-4-14(8-13)21(24)25/h2-8,10,19,22H,1H3,(H,20,23)/b12-10-. The zero-order valence-corrected chi connectivity index (χ0v) is 13.2. The van der Waals surface area contributed by atoms with Crippen LogP contribution in [-0.4, -0.2) is 15.9 Å². The number of hydrogen-bond acceptors (Lipinski definition) is 6. The van der Waals surface area contributed by atoms with Crippen LogP contribution in [0.1, 0.15) is 5.56 Å². The first-order valence-corrected chi connectivity index (χ1v) is 7.13. The molecule has 0 heterocycles. The van der Waals surface area contributed by atoms with Crippen molar-refractivity contribution in [3.63, 3.8) is 0 Å². The molecule has 8 heteroatoms. The van der Waals surface area contributed by atoms with Gasteiger partial charge < -0.3 is 15.7 Å². The molecule has 0 aliphatic rings. The maximum atomic E-state index is 12.2. The Morgan fingerprint density at radius 3 is 2.72 bits per heavy atom. The average molecular weight is 338 g/mol. The molecule has 0 saturated carbocycles. The van der Waals surface area contributed by atoms with Gasteiger partial charge in [0.25, 0.3) is 11.6 Å². The molecular weight excluding hydrogens is 324 g/mol. The number of nitro benzene ring substituents is 1. The number of phenols is 1. The highest BCUT2D eigenvalue weighted by molar-refractivity contribution is 6.07. The second-order valence-electron chi connectivity index (χ2n) is 5.07. The summed E-state index contributed by atoms with van der Waals surface area (Å²) in [6.45, 7) is 1.70. The Morgan fingerprint density at radius 2 is 2.08 bits per heavy atom. The number of nitriles is 1. The smallest absolute Gasteiger partial charge is 0.271 e. The molecule has 0 aliphatic carbocycles. The monoisotopic (exact) mass is 338 g/mol. The minimum absolute atomic E-state index is 0.0684. The summed E-state index contributed by atoms with van der Waals surface area (Å²) in [5.41, 5.74) is 1.15. The summed E-state index contributed by atoms with van der Waals surface area (Å²) in [5.74, 6) is -0.576. The van der Waals surface area contributed by atoms with Crippen molar-refractivity contribution in [3.05, 3.63) is 69.9 Å². The van der Waals surface area contributed by atoms with Crippen LogP contribution in [0.4, 0.5) is 17.1 Å². The van der Waals surface area contributed by atoms with Crippen LogP contribution in [0.2, 0.25) is 0 Å². The molecule has 0 saturated heterocycles. The van der Waals surface area contributed by atoms with E-state index in [2.05, 4.69) is 10.6 Å². The molecule has 0 bridgehead atoms. The summed E-state index contributed by atoms with van der Waals surface area (Å²) in [6.07, 6.45) is 1.17. The van der Waals surface area contributed by atoms with Gasteiger partial charge in [0.2, 0.25) is 0 Å². The molecular formula is C17H14N4O4. The summed E-state index contributed by atoms with van der Waals surface area (Å²) in [6, 6.07) is 11.9. The van der Waals surface area contributed by atoms with E-state index in [1.165, 1.54) is 42.6 Å². The quantitative estimate of drug-likeness (QED) is 0.253. The van der Waals surface area contributed by atoms with E-state index in [0.717, 1.165) is 0 Å². The molecule has 2 aromatic rings. The van der Waals surface area contributed by atoms with Gasteiger partial charge >= 0.3 is 0 Å². The molecule has 2 rings (SSSR count). The molecule has 2 aromatic carbocycles. The number of phenolic OH excluding ortho intramolecular Hbond substituents is 1. The van der Waals surface area contributed by atoms with E-state index < -0.39 is 10.8 Å². The molecule has 25 heavy (non-hydrogen) atoms. The van der Waals surface area contributed by atoms with Gasteiger partial charge in [0.1, 0.15) is 17.4 Å². The fourth-order valence-electron chi connectivity index (χ4n) is 1.99. The number of amides is 1. The maximum Gasteiger partial charge on any atom is 0.271 e. The van der Waals surface area contributed by atoms with Crippen molar-refractivity contribution in [1.82, 2.24) is 0 Å². The number of nitro groups is 1. The lowest BCUT2D eigenvalue weighted by molar-refractivity contribution is -0.384. The van der Waals surface area contributed by atoms with E-state index in [0.29, 0.717) is 16.9 Å². The number of rotatable bonds is 5. The van der Waals surface area contributed by atoms with Crippen LogP contribution in [0.15, 0.2) is 54.2 Å². The summed E-state index contributed by atoms with van der Waals surface area (Å²) in [5, 5.41) is 34.5. The van der Waals surface area contributed by atoms with Gasteiger partial charge in [0.05, 0.1) is 4.92 Å². The number of benzene rings is 2. The van der Waals surface area contributed by atoms with Crippen LogP contribution >= 0.6 is 0 Å².